The molecular formula is C23H22F6O6. The summed E-state index contributed by atoms with van der Waals surface area (Å²) in [6.45, 7) is -1.01. The smallest absolute Gasteiger partial charge is 0.194 e. The molecular weight excluding hydrogens is 486 g/mol. The first kappa shape index (κ1) is 28.5. The number of hydrogen-bond acceptors (Lipinski definition) is 6. The number of rotatable bonds is 10. The number of benzene rings is 2. The molecule has 0 aliphatic carbocycles. The van der Waals surface area contributed by atoms with Crippen molar-refractivity contribution >= 4 is 0 Å². The minimum absolute atomic E-state index is 0.341. The molecule has 2 aromatic carbocycles. The van der Waals surface area contributed by atoms with Crippen LogP contribution in [-0.2, 0) is 12.8 Å². The van der Waals surface area contributed by atoms with Crippen LogP contribution in [0.2, 0.25) is 0 Å². The highest BCUT2D eigenvalue weighted by Gasteiger charge is 2.35. The Kier molecular flexibility index (Phi) is 10.0. The predicted molar refractivity (Wildman–Crippen MR) is 109 cm³/mol. The molecule has 0 aromatic heterocycles. The first-order valence-electron chi connectivity index (χ1n) is 10.1. The molecule has 0 heterocycles. The Hall–Kier alpha value is -2.70. The van der Waals surface area contributed by atoms with Crippen molar-refractivity contribution in [2.24, 2.45) is 0 Å². The molecule has 1 unspecified atom stereocenters. The van der Waals surface area contributed by atoms with Gasteiger partial charge in [0.2, 0.25) is 0 Å². The van der Waals surface area contributed by atoms with Gasteiger partial charge in [-0.2, -0.15) is 0 Å². The van der Waals surface area contributed by atoms with E-state index < -0.39 is 96.0 Å². The lowest BCUT2D eigenvalue weighted by Gasteiger charge is -2.29. The van der Waals surface area contributed by atoms with Crippen molar-refractivity contribution in [3.8, 4) is 0 Å². The van der Waals surface area contributed by atoms with E-state index >= 15 is 0 Å². The van der Waals surface area contributed by atoms with E-state index in [1.54, 1.807) is 0 Å². The van der Waals surface area contributed by atoms with Gasteiger partial charge in [-0.25, -0.2) is 26.3 Å². The summed E-state index contributed by atoms with van der Waals surface area (Å²) in [7, 11) is 0. The Labute approximate surface area is 195 Å². The fraction of sp³-hybridized carbons (Fsp3) is 0.348. The first-order chi connectivity index (χ1) is 16.4. The molecule has 0 saturated carbocycles. The minimum Gasteiger partial charge on any atom is -0.394 e. The SMILES string of the molecule is OC[C@H](O)[C@@H](O)[C@H](O)[C@H](O)C(O)C(=C=CCc1ccc(F)c(F)c1F)Cc1ccc(F)c(F)c1F. The van der Waals surface area contributed by atoms with E-state index in [-0.39, 0.29) is 5.56 Å². The maximum Gasteiger partial charge on any atom is 0.194 e. The minimum atomic E-state index is -2.27. The Morgan fingerprint density at radius 1 is 0.714 bits per heavy atom. The predicted octanol–water partition coefficient (Wildman–Crippen LogP) is 1.18. The molecule has 12 heteroatoms. The van der Waals surface area contributed by atoms with Gasteiger partial charge < -0.3 is 30.6 Å². The topological polar surface area (TPSA) is 121 Å². The lowest BCUT2D eigenvalue weighted by atomic mass is 9.91. The van der Waals surface area contributed by atoms with Crippen molar-refractivity contribution in [2.75, 3.05) is 6.61 Å². The summed E-state index contributed by atoms with van der Waals surface area (Å²) in [6, 6.07) is 2.99. The summed E-state index contributed by atoms with van der Waals surface area (Å²) >= 11 is 0. The molecule has 6 nitrogen and oxygen atoms in total. The number of aliphatic hydroxyl groups is 6. The molecule has 0 amide bonds. The van der Waals surface area contributed by atoms with E-state index in [0.717, 1.165) is 18.2 Å². The molecule has 0 spiro atoms. The zero-order valence-electron chi connectivity index (χ0n) is 17.8. The highest BCUT2D eigenvalue weighted by Crippen LogP contribution is 2.22. The van der Waals surface area contributed by atoms with E-state index in [1.807, 2.05) is 0 Å². The molecule has 2 aromatic rings. The van der Waals surface area contributed by atoms with Gasteiger partial charge in [0.15, 0.2) is 34.9 Å². The van der Waals surface area contributed by atoms with E-state index in [9.17, 15) is 51.9 Å². The van der Waals surface area contributed by atoms with Crippen LogP contribution in [0.5, 0.6) is 0 Å². The van der Waals surface area contributed by atoms with Crippen LogP contribution in [0.3, 0.4) is 0 Å². The summed E-state index contributed by atoms with van der Waals surface area (Å²) < 4.78 is 81.4. The van der Waals surface area contributed by atoms with Crippen molar-refractivity contribution < 1.29 is 57.0 Å². The third-order valence-electron chi connectivity index (χ3n) is 5.18. The quantitative estimate of drug-likeness (QED) is 0.163. The Bertz CT molecular complexity index is 1100. The zero-order chi connectivity index (χ0) is 26.4. The third kappa shape index (κ3) is 6.71. The van der Waals surface area contributed by atoms with Gasteiger partial charge in [0.05, 0.1) is 6.61 Å². The van der Waals surface area contributed by atoms with E-state index in [2.05, 4.69) is 5.73 Å². The average Bonchev–Trinajstić information content (AvgIpc) is 2.85. The highest BCUT2D eigenvalue weighted by molar-refractivity contribution is 5.28. The van der Waals surface area contributed by atoms with Gasteiger partial charge in [-0.1, -0.05) is 12.1 Å². The van der Waals surface area contributed by atoms with Gasteiger partial charge in [-0.3, -0.25) is 0 Å². The maximum absolute atomic E-state index is 14.2. The largest absolute Gasteiger partial charge is 0.394 e. The molecule has 35 heavy (non-hydrogen) atoms. The van der Waals surface area contributed by atoms with Crippen LogP contribution in [0.4, 0.5) is 26.3 Å². The highest BCUT2D eigenvalue weighted by atomic mass is 19.2. The van der Waals surface area contributed by atoms with Crippen LogP contribution in [0.1, 0.15) is 11.1 Å². The lowest BCUT2D eigenvalue weighted by Crippen LogP contribution is -2.50. The van der Waals surface area contributed by atoms with Crippen LogP contribution in [0.15, 0.2) is 41.6 Å². The number of hydrogen-bond donors (Lipinski definition) is 6. The van der Waals surface area contributed by atoms with E-state index in [4.69, 9.17) is 5.11 Å². The van der Waals surface area contributed by atoms with Crippen LogP contribution >= 0.6 is 0 Å². The van der Waals surface area contributed by atoms with Gasteiger partial charge in [0, 0.05) is 18.4 Å². The molecule has 192 valence electrons. The van der Waals surface area contributed by atoms with E-state index in [1.165, 1.54) is 0 Å². The second-order valence-corrected chi connectivity index (χ2v) is 7.59. The molecule has 0 saturated heterocycles. The molecule has 0 radical (unpaired) electrons. The van der Waals surface area contributed by atoms with Crippen molar-refractivity contribution in [3.63, 3.8) is 0 Å². The fourth-order valence-corrected chi connectivity index (χ4v) is 3.09. The third-order valence-corrected chi connectivity index (χ3v) is 5.18. The van der Waals surface area contributed by atoms with Crippen molar-refractivity contribution in [1.29, 1.82) is 0 Å². The van der Waals surface area contributed by atoms with Crippen LogP contribution in [0.25, 0.3) is 0 Å². The van der Waals surface area contributed by atoms with E-state index in [0.29, 0.717) is 12.1 Å². The second-order valence-electron chi connectivity index (χ2n) is 7.59. The summed E-state index contributed by atoms with van der Waals surface area (Å²) in [6.07, 6.45) is -10.9. The Balaban J connectivity index is 2.44. The average molecular weight is 508 g/mol. The van der Waals surface area contributed by atoms with Crippen LogP contribution < -0.4 is 0 Å². The summed E-state index contributed by atoms with van der Waals surface area (Å²) in [4.78, 5) is 0. The van der Waals surface area contributed by atoms with Gasteiger partial charge in [-0.15, -0.1) is 5.73 Å². The number of halogens is 6. The van der Waals surface area contributed by atoms with Gasteiger partial charge in [0.25, 0.3) is 0 Å². The van der Waals surface area contributed by atoms with Crippen molar-refractivity contribution in [3.05, 3.63) is 87.7 Å². The summed E-state index contributed by atoms with van der Waals surface area (Å²) in [5.74, 6) is -9.64. The fourth-order valence-electron chi connectivity index (χ4n) is 3.09. The Morgan fingerprint density at radius 2 is 1.23 bits per heavy atom. The van der Waals surface area contributed by atoms with Gasteiger partial charge in [-0.05, 0) is 29.3 Å². The van der Waals surface area contributed by atoms with Crippen molar-refractivity contribution in [1.82, 2.24) is 0 Å². The normalized spacial score (nSPS) is 15.7. The summed E-state index contributed by atoms with van der Waals surface area (Å²) in [5.41, 5.74) is 1.03. The molecule has 0 bridgehead atoms. The maximum atomic E-state index is 14.2. The van der Waals surface area contributed by atoms with Crippen LogP contribution in [-0.4, -0.2) is 67.8 Å². The Morgan fingerprint density at radius 3 is 1.77 bits per heavy atom. The first-order valence-corrected chi connectivity index (χ1v) is 10.1. The summed E-state index contributed by atoms with van der Waals surface area (Å²) in [5, 5.41) is 58.8. The second kappa shape index (κ2) is 12.3. The molecule has 6 N–H and O–H groups in total. The number of aliphatic hydroxyl groups excluding tert-OH is 6. The molecule has 0 aliphatic rings. The zero-order valence-corrected chi connectivity index (χ0v) is 17.8. The monoisotopic (exact) mass is 508 g/mol. The standard InChI is InChI=1S/C23H22F6O6/c24-13-6-4-10(16(26)18(13)28)2-1-3-12(8-11-5-7-14(25)19(29)17(11)27)20(32)22(34)23(35)21(33)15(31)9-30/h1,4-7,15,20-23,30-35H,2,8-9H2/t3?,15-,20?,21+,22+,23-/m0/s1. The lowest BCUT2D eigenvalue weighted by molar-refractivity contribution is -0.134. The molecule has 0 aliphatic heterocycles. The molecule has 5 atom stereocenters. The van der Waals surface area contributed by atoms with Crippen molar-refractivity contribution in [2.45, 2.75) is 43.4 Å². The van der Waals surface area contributed by atoms with Gasteiger partial charge in [0.1, 0.15) is 30.5 Å². The van der Waals surface area contributed by atoms with Crippen LogP contribution in [0, 0.1) is 34.9 Å². The van der Waals surface area contributed by atoms with Gasteiger partial charge >= 0.3 is 0 Å². The molecule has 0 fully saturated rings. The molecule has 2 rings (SSSR count).